The van der Waals surface area contributed by atoms with E-state index in [1.807, 2.05) is 0 Å². The second-order valence-electron chi connectivity index (χ2n) is 6.21. The Kier molecular flexibility index (Phi) is 4.65. The molecule has 1 saturated carbocycles. The maximum Gasteiger partial charge on any atom is 0.339 e. The Morgan fingerprint density at radius 3 is 2.85 bits per heavy atom. The number of rotatable bonds is 6. The molecule has 0 radical (unpaired) electrons. The first-order valence-electron chi connectivity index (χ1n) is 7.16. The summed E-state index contributed by atoms with van der Waals surface area (Å²) in [5.41, 5.74) is 0.656. The molecule has 0 bridgehead atoms. The molecule has 0 spiro atoms. The number of benzene rings is 1. The van der Waals surface area contributed by atoms with Gasteiger partial charge in [0.1, 0.15) is 17.9 Å². The highest BCUT2D eigenvalue weighted by atomic mass is 16.5. The number of carboxylic acid groups (broad SMARTS) is 1. The highest BCUT2D eigenvalue weighted by molar-refractivity contribution is 5.90. The van der Waals surface area contributed by atoms with Crippen molar-refractivity contribution in [2.45, 2.75) is 39.2 Å². The Balaban J connectivity index is 1.75. The van der Waals surface area contributed by atoms with E-state index in [4.69, 9.17) is 9.84 Å². The second kappa shape index (κ2) is 6.27. The standard InChI is InChI=1S/C16H23NO3/c1-16(2)8-7-12(11-16)17-9-10-20-14-6-4-3-5-13(14)15(18)19/h3-6,12,17H,7-11H2,1-2H3,(H,18,19). The molecule has 1 aromatic rings. The van der Waals surface area contributed by atoms with Gasteiger partial charge in [-0.25, -0.2) is 4.79 Å². The van der Waals surface area contributed by atoms with Crippen LogP contribution in [0.1, 0.15) is 43.5 Å². The summed E-state index contributed by atoms with van der Waals surface area (Å²) in [4.78, 5) is 11.0. The van der Waals surface area contributed by atoms with E-state index in [0.29, 0.717) is 23.8 Å². The zero-order valence-electron chi connectivity index (χ0n) is 12.2. The lowest BCUT2D eigenvalue weighted by atomic mass is 9.92. The summed E-state index contributed by atoms with van der Waals surface area (Å²) < 4.78 is 5.57. The molecule has 0 aliphatic heterocycles. The van der Waals surface area contributed by atoms with Gasteiger partial charge in [-0.05, 0) is 36.8 Å². The van der Waals surface area contributed by atoms with E-state index in [2.05, 4.69) is 19.2 Å². The van der Waals surface area contributed by atoms with Gasteiger partial charge in [-0.1, -0.05) is 26.0 Å². The van der Waals surface area contributed by atoms with Crippen molar-refractivity contribution in [1.82, 2.24) is 5.32 Å². The van der Waals surface area contributed by atoms with E-state index in [1.165, 1.54) is 19.3 Å². The number of para-hydroxylation sites is 1. The number of nitrogens with one attached hydrogen (secondary N) is 1. The quantitative estimate of drug-likeness (QED) is 0.785. The SMILES string of the molecule is CC1(C)CCC(NCCOc2ccccc2C(=O)O)C1. The maximum absolute atomic E-state index is 11.0. The fraction of sp³-hybridized carbons (Fsp3) is 0.562. The first kappa shape index (κ1) is 14.9. The number of hydrogen-bond donors (Lipinski definition) is 2. The molecule has 1 fully saturated rings. The Hall–Kier alpha value is -1.55. The summed E-state index contributed by atoms with van der Waals surface area (Å²) in [5, 5.41) is 12.5. The largest absolute Gasteiger partial charge is 0.491 e. The van der Waals surface area contributed by atoms with Crippen LogP contribution in [0.25, 0.3) is 0 Å². The molecule has 0 aromatic heterocycles. The minimum atomic E-state index is -0.953. The zero-order valence-corrected chi connectivity index (χ0v) is 12.2. The molecule has 4 nitrogen and oxygen atoms in total. The Labute approximate surface area is 120 Å². The molecule has 4 heteroatoms. The topological polar surface area (TPSA) is 58.6 Å². The van der Waals surface area contributed by atoms with Crippen molar-refractivity contribution in [2.75, 3.05) is 13.2 Å². The molecule has 1 aromatic carbocycles. The van der Waals surface area contributed by atoms with Crippen molar-refractivity contribution in [1.29, 1.82) is 0 Å². The van der Waals surface area contributed by atoms with Gasteiger partial charge >= 0.3 is 5.97 Å². The van der Waals surface area contributed by atoms with Crippen molar-refractivity contribution < 1.29 is 14.6 Å². The number of hydrogen-bond acceptors (Lipinski definition) is 3. The van der Waals surface area contributed by atoms with Gasteiger partial charge in [0.05, 0.1) is 0 Å². The molecule has 0 saturated heterocycles. The zero-order chi connectivity index (χ0) is 14.6. The van der Waals surface area contributed by atoms with Gasteiger partial charge in [0.15, 0.2) is 0 Å². The number of carbonyl (C=O) groups is 1. The molecule has 0 amide bonds. The van der Waals surface area contributed by atoms with Crippen LogP contribution in [-0.4, -0.2) is 30.3 Å². The number of aromatic carboxylic acids is 1. The van der Waals surface area contributed by atoms with Crippen LogP contribution in [0.2, 0.25) is 0 Å². The highest BCUT2D eigenvalue weighted by Crippen LogP contribution is 2.36. The molecule has 1 aliphatic rings. The van der Waals surface area contributed by atoms with Crippen LogP contribution in [0.5, 0.6) is 5.75 Å². The van der Waals surface area contributed by atoms with Crippen LogP contribution in [0.3, 0.4) is 0 Å². The third kappa shape index (κ3) is 3.97. The maximum atomic E-state index is 11.0. The van der Waals surface area contributed by atoms with Crippen molar-refractivity contribution in [2.24, 2.45) is 5.41 Å². The summed E-state index contributed by atoms with van der Waals surface area (Å²) in [5.74, 6) is -0.514. The predicted molar refractivity (Wildman–Crippen MR) is 78.3 cm³/mol. The molecule has 110 valence electrons. The van der Waals surface area contributed by atoms with E-state index in [0.717, 1.165) is 6.54 Å². The lowest BCUT2D eigenvalue weighted by Crippen LogP contribution is -2.31. The van der Waals surface area contributed by atoms with Gasteiger partial charge < -0.3 is 15.2 Å². The first-order valence-corrected chi connectivity index (χ1v) is 7.16. The summed E-state index contributed by atoms with van der Waals surface area (Å²) in [6.07, 6.45) is 3.66. The number of carboxylic acids is 1. The van der Waals surface area contributed by atoms with E-state index in [1.54, 1.807) is 24.3 Å². The van der Waals surface area contributed by atoms with Crippen molar-refractivity contribution in [3.63, 3.8) is 0 Å². The normalized spacial score (nSPS) is 20.8. The smallest absolute Gasteiger partial charge is 0.339 e. The molecular formula is C16H23NO3. The van der Waals surface area contributed by atoms with Crippen LogP contribution in [0, 0.1) is 5.41 Å². The molecule has 1 aliphatic carbocycles. The van der Waals surface area contributed by atoms with Gasteiger partial charge in [0.2, 0.25) is 0 Å². The average molecular weight is 277 g/mol. The summed E-state index contributed by atoms with van der Waals surface area (Å²) >= 11 is 0. The Morgan fingerprint density at radius 1 is 1.45 bits per heavy atom. The van der Waals surface area contributed by atoms with Gasteiger partial charge in [-0.3, -0.25) is 0 Å². The van der Waals surface area contributed by atoms with Crippen LogP contribution >= 0.6 is 0 Å². The van der Waals surface area contributed by atoms with E-state index >= 15 is 0 Å². The fourth-order valence-corrected chi connectivity index (χ4v) is 2.80. The third-order valence-electron chi connectivity index (χ3n) is 3.88. The minimum absolute atomic E-state index is 0.217. The molecule has 2 rings (SSSR count). The minimum Gasteiger partial charge on any atom is -0.491 e. The molecule has 20 heavy (non-hydrogen) atoms. The average Bonchev–Trinajstić information content (AvgIpc) is 2.74. The molecule has 0 heterocycles. The van der Waals surface area contributed by atoms with Gasteiger partial charge in [0, 0.05) is 12.6 Å². The summed E-state index contributed by atoms with van der Waals surface area (Å²) in [7, 11) is 0. The Bertz CT molecular complexity index is 471. The van der Waals surface area contributed by atoms with Gasteiger partial charge in [-0.2, -0.15) is 0 Å². The highest BCUT2D eigenvalue weighted by Gasteiger charge is 2.30. The monoisotopic (exact) mass is 277 g/mol. The van der Waals surface area contributed by atoms with Crippen LogP contribution in [0.15, 0.2) is 24.3 Å². The van der Waals surface area contributed by atoms with Crippen molar-refractivity contribution in [3.05, 3.63) is 29.8 Å². The fourth-order valence-electron chi connectivity index (χ4n) is 2.80. The van der Waals surface area contributed by atoms with Crippen LogP contribution < -0.4 is 10.1 Å². The molecule has 2 N–H and O–H groups in total. The van der Waals surface area contributed by atoms with Crippen LogP contribution in [-0.2, 0) is 0 Å². The van der Waals surface area contributed by atoms with Gasteiger partial charge in [-0.15, -0.1) is 0 Å². The van der Waals surface area contributed by atoms with E-state index < -0.39 is 5.97 Å². The lowest BCUT2D eigenvalue weighted by molar-refractivity contribution is 0.0692. The van der Waals surface area contributed by atoms with Crippen LogP contribution in [0.4, 0.5) is 0 Å². The van der Waals surface area contributed by atoms with Gasteiger partial charge in [0.25, 0.3) is 0 Å². The third-order valence-corrected chi connectivity index (χ3v) is 3.88. The predicted octanol–water partition coefficient (Wildman–Crippen LogP) is 2.93. The molecule has 1 unspecified atom stereocenters. The lowest BCUT2D eigenvalue weighted by Gasteiger charge is -2.18. The number of ether oxygens (including phenoxy) is 1. The summed E-state index contributed by atoms with van der Waals surface area (Å²) in [6, 6.07) is 7.31. The Morgan fingerprint density at radius 2 is 2.20 bits per heavy atom. The van der Waals surface area contributed by atoms with Crippen molar-refractivity contribution in [3.8, 4) is 5.75 Å². The van der Waals surface area contributed by atoms with Crippen molar-refractivity contribution >= 4 is 5.97 Å². The summed E-state index contributed by atoms with van der Waals surface area (Å²) in [6.45, 7) is 5.83. The molecular weight excluding hydrogens is 254 g/mol. The molecule has 1 atom stereocenters. The van der Waals surface area contributed by atoms with E-state index in [9.17, 15) is 4.79 Å². The first-order chi connectivity index (χ1) is 9.48. The second-order valence-corrected chi connectivity index (χ2v) is 6.21. The van der Waals surface area contributed by atoms with E-state index in [-0.39, 0.29) is 5.56 Å².